The molecule has 5 nitrogen and oxygen atoms in total. The summed E-state index contributed by atoms with van der Waals surface area (Å²) in [7, 11) is -3.59. The molecule has 1 saturated heterocycles. The number of hydrogen-bond acceptors (Lipinski definition) is 3. The van der Waals surface area contributed by atoms with Gasteiger partial charge in [0.2, 0.25) is 15.9 Å². The molecule has 4 atom stereocenters. The zero-order valence-corrected chi connectivity index (χ0v) is 26.7. The van der Waals surface area contributed by atoms with Crippen LogP contribution in [0.5, 0.6) is 0 Å². The molecule has 3 fully saturated rings. The van der Waals surface area contributed by atoms with Gasteiger partial charge in [-0.1, -0.05) is 78.7 Å². The lowest BCUT2D eigenvalue weighted by molar-refractivity contribution is -0.154. The van der Waals surface area contributed by atoms with Gasteiger partial charge in [0.1, 0.15) is 0 Å². The topological polar surface area (TPSA) is 57.7 Å². The third-order valence-corrected chi connectivity index (χ3v) is 12.1. The second-order valence-electron chi connectivity index (χ2n) is 12.6. The molecule has 2 unspecified atom stereocenters. The van der Waals surface area contributed by atoms with Gasteiger partial charge in [-0.05, 0) is 92.0 Å². The Morgan fingerprint density at radius 1 is 0.953 bits per heavy atom. The minimum atomic E-state index is -3.59. The standard InChI is InChI=1S/C35H38Cl2N2O3S/c1-3-20-35(2)22-31(26-8-7-9-28(37)21-26)33(25-14-16-27(36)17-15-25)39(34(35)40)32(24-12-13-24)23-38(29-10-5-4-6-11-29)43(41,42)30-18-19-30/h3-11,14-17,21,24,30-33H,1,12-13,18-20,22-23H2,2H3/t31?,32-,33?,35+/m1/s1. The third-order valence-electron chi connectivity index (χ3n) is 9.36. The van der Waals surface area contributed by atoms with E-state index in [1.165, 1.54) is 0 Å². The van der Waals surface area contributed by atoms with Gasteiger partial charge in [-0.25, -0.2) is 8.42 Å². The van der Waals surface area contributed by atoms with Gasteiger partial charge in [-0.15, -0.1) is 6.58 Å². The highest BCUT2D eigenvalue weighted by atomic mass is 35.5. The first-order valence-corrected chi connectivity index (χ1v) is 17.4. The Bertz CT molecular complexity index is 1590. The smallest absolute Gasteiger partial charge is 0.238 e. The SMILES string of the molecule is C=CC[C@@]1(C)CC(c2cccc(Cl)c2)C(c2ccc(Cl)cc2)N([C@H](CN(c2ccccc2)S(=O)(=O)C2CC2)C2CC2)C1=O. The van der Waals surface area contributed by atoms with Crippen molar-refractivity contribution in [3.05, 3.63) is 113 Å². The molecule has 2 aliphatic carbocycles. The molecule has 226 valence electrons. The number of hydrogen-bond donors (Lipinski definition) is 0. The lowest BCUT2D eigenvalue weighted by Crippen LogP contribution is -2.59. The number of anilines is 1. The van der Waals surface area contributed by atoms with Crippen LogP contribution in [0.3, 0.4) is 0 Å². The van der Waals surface area contributed by atoms with E-state index in [1.54, 1.807) is 4.31 Å². The Balaban J connectivity index is 1.51. The number of sulfonamides is 1. The number of benzene rings is 3. The van der Waals surface area contributed by atoms with E-state index < -0.39 is 15.4 Å². The van der Waals surface area contributed by atoms with Crippen molar-refractivity contribution < 1.29 is 13.2 Å². The number of allylic oxidation sites excluding steroid dienone is 1. The Hall–Kier alpha value is -2.80. The van der Waals surface area contributed by atoms with Crippen molar-refractivity contribution >= 4 is 44.8 Å². The van der Waals surface area contributed by atoms with E-state index in [2.05, 4.69) is 17.5 Å². The molecule has 2 saturated carbocycles. The summed E-state index contributed by atoms with van der Waals surface area (Å²) in [5.74, 6) is 0.166. The highest BCUT2D eigenvalue weighted by Crippen LogP contribution is 2.54. The largest absolute Gasteiger partial charge is 0.329 e. The zero-order valence-electron chi connectivity index (χ0n) is 24.4. The average Bonchev–Trinajstić information content (AvgIpc) is 3.90. The third kappa shape index (κ3) is 6.11. The lowest BCUT2D eigenvalue weighted by Gasteiger charge is -2.53. The van der Waals surface area contributed by atoms with Gasteiger partial charge < -0.3 is 4.90 Å². The van der Waals surface area contributed by atoms with Crippen LogP contribution in [0.2, 0.25) is 10.0 Å². The minimum absolute atomic E-state index is 0.0411. The van der Waals surface area contributed by atoms with Crippen molar-refractivity contribution in [2.45, 2.75) is 68.7 Å². The van der Waals surface area contributed by atoms with Crippen molar-refractivity contribution in [3.8, 4) is 0 Å². The first kappa shape index (κ1) is 30.2. The Morgan fingerprint density at radius 3 is 2.26 bits per heavy atom. The number of carbonyl (C=O) groups is 1. The van der Waals surface area contributed by atoms with Crippen LogP contribution in [0.4, 0.5) is 5.69 Å². The predicted octanol–water partition coefficient (Wildman–Crippen LogP) is 8.41. The lowest BCUT2D eigenvalue weighted by atomic mass is 9.67. The Morgan fingerprint density at radius 2 is 1.65 bits per heavy atom. The van der Waals surface area contributed by atoms with Crippen LogP contribution in [0, 0.1) is 11.3 Å². The minimum Gasteiger partial charge on any atom is -0.329 e. The van der Waals surface area contributed by atoms with Crippen molar-refractivity contribution in [3.63, 3.8) is 0 Å². The van der Waals surface area contributed by atoms with Gasteiger partial charge in [-0.3, -0.25) is 9.10 Å². The second-order valence-corrected chi connectivity index (χ2v) is 15.7. The molecule has 0 radical (unpaired) electrons. The molecule has 3 aliphatic rings. The Kier molecular flexibility index (Phi) is 8.40. The van der Waals surface area contributed by atoms with Crippen LogP contribution in [0.1, 0.15) is 68.5 Å². The highest BCUT2D eigenvalue weighted by Gasteiger charge is 2.54. The molecule has 3 aromatic carbocycles. The fraction of sp³-hybridized carbons (Fsp3) is 0.400. The summed E-state index contributed by atoms with van der Waals surface area (Å²) in [5, 5.41) is 0.894. The number of para-hydroxylation sites is 1. The molecule has 3 aromatic rings. The van der Waals surface area contributed by atoms with Crippen LogP contribution in [-0.2, 0) is 14.8 Å². The van der Waals surface area contributed by atoms with E-state index in [0.29, 0.717) is 41.4 Å². The molecule has 1 heterocycles. The summed E-state index contributed by atoms with van der Waals surface area (Å²) in [6.45, 7) is 6.25. The van der Waals surface area contributed by atoms with Gasteiger partial charge in [-0.2, -0.15) is 0 Å². The maximum atomic E-state index is 14.9. The van der Waals surface area contributed by atoms with Crippen molar-refractivity contribution in [1.29, 1.82) is 0 Å². The van der Waals surface area contributed by atoms with Crippen LogP contribution < -0.4 is 4.31 Å². The molecular weight excluding hydrogens is 599 g/mol. The van der Waals surface area contributed by atoms with Crippen LogP contribution in [0.15, 0.2) is 91.5 Å². The molecule has 0 bridgehead atoms. The van der Waals surface area contributed by atoms with Crippen LogP contribution in [-0.4, -0.2) is 37.1 Å². The number of carbonyl (C=O) groups excluding carboxylic acids is 1. The molecule has 0 aromatic heterocycles. The molecule has 43 heavy (non-hydrogen) atoms. The number of piperidine rings is 1. The van der Waals surface area contributed by atoms with E-state index in [4.69, 9.17) is 23.2 Å². The number of rotatable bonds is 11. The van der Waals surface area contributed by atoms with E-state index in [9.17, 15) is 13.2 Å². The van der Waals surface area contributed by atoms with Crippen LogP contribution in [0.25, 0.3) is 0 Å². The van der Waals surface area contributed by atoms with Gasteiger partial charge in [0.25, 0.3) is 0 Å². The molecule has 0 N–H and O–H groups in total. The molecule has 8 heteroatoms. The molecule has 6 rings (SSSR count). The van der Waals surface area contributed by atoms with E-state index >= 15 is 0 Å². The van der Waals surface area contributed by atoms with Gasteiger partial charge >= 0.3 is 0 Å². The monoisotopic (exact) mass is 636 g/mol. The zero-order chi connectivity index (χ0) is 30.4. The Labute approximate surface area is 265 Å². The normalized spacial score (nSPS) is 24.9. The summed E-state index contributed by atoms with van der Waals surface area (Å²) in [6, 6.07) is 24.4. The van der Waals surface area contributed by atoms with Crippen molar-refractivity contribution in [2.75, 3.05) is 10.8 Å². The average molecular weight is 638 g/mol. The summed E-state index contributed by atoms with van der Waals surface area (Å²) >= 11 is 12.9. The number of likely N-dealkylation sites (tertiary alicyclic amines) is 1. The summed E-state index contributed by atoms with van der Waals surface area (Å²) < 4.78 is 29.5. The van der Waals surface area contributed by atoms with Crippen molar-refractivity contribution in [2.24, 2.45) is 11.3 Å². The maximum Gasteiger partial charge on any atom is 0.238 e. The van der Waals surface area contributed by atoms with Gasteiger partial charge in [0, 0.05) is 16.0 Å². The summed E-state index contributed by atoms with van der Waals surface area (Å²) in [5.41, 5.74) is 1.97. The molecule has 1 aliphatic heterocycles. The van der Waals surface area contributed by atoms with E-state index in [-0.39, 0.29) is 41.6 Å². The number of halogens is 2. The maximum absolute atomic E-state index is 14.9. The highest BCUT2D eigenvalue weighted by molar-refractivity contribution is 7.93. The van der Waals surface area contributed by atoms with Crippen molar-refractivity contribution in [1.82, 2.24) is 4.90 Å². The molecule has 1 amide bonds. The first-order valence-electron chi connectivity index (χ1n) is 15.1. The summed E-state index contributed by atoms with van der Waals surface area (Å²) in [6.07, 6.45) is 6.21. The molecular formula is C35H38Cl2N2O3S. The fourth-order valence-electron chi connectivity index (χ4n) is 6.86. The summed E-state index contributed by atoms with van der Waals surface area (Å²) in [4.78, 5) is 16.9. The number of nitrogens with zero attached hydrogens (tertiary/aromatic N) is 2. The fourth-order valence-corrected chi connectivity index (χ4v) is 9.06. The van der Waals surface area contributed by atoms with Crippen LogP contribution >= 0.6 is 23.2 Å². The first-order chi connectivity index (χ1) is 20.6. The number of amides is 1. The predicted molar refractivity (Wildman–Crippen MR) is 175 cm³/mol. The second kappa shape index (κ2) is 11.9. The quantitative estimate of drug-likeness (QED) is 0.199. The van der Waals surface area contributed by atoms with Gasteiger partial charge in [0.15, 0.2) is 0 Å². The van der Waals surface area contributed by atoms with E-state index in [0.717, 1.165) is 24.0 Å². The van der Waals surface area contributed by atoms with Gasteiger partial charge in [0.05, 0.1) is 35.0 Å². The van der Waals surface area contributed by atoms with E-state index in [1.807, 2.05) is 85.8 Å². The molecule has 0 spiro atoms.